The number of imide groups is 1. The Bertz CT molecular complexity index is 806. The van der Waals surface area contributed by atoms with Crippen LogP contribution in [-0.2, 0) is 20.8 Å². The van der Waals surface area contributed by atoms with Crippen LogP contribution in [0, 0.1) is 11.7 Å². The van der Waals surface area contributed by atoms with Gasteiger partial charge >= 0.3 is 0 Å². The van der Waals surface area contributed by atoms with E-state index in [-0.39, 0.29) is 35.9 Å². The summed E-state index contributed by atoms with van der Waals surface area (Å²) in [6.45, 7) is 3.44. The first-order valence-corrected chi connectivity index (χ1v) is 9.67. The first-order chi connectivity index (χ1) is 13.4. The fourth-order valence-electron chi connectivity index (χ4n) is 3.63. The molecule has 0 unspecified atom stereocenters. The predicted octanol–water partition coefficient (Wildman–Crippen LogP) is 2.87. The molecular weight excluding hydrogens is 359 g/mol. The van der Waals surface area contributed by atoms with Crippen molar-refractivity contribution in [3.8, 4) is 0 Å². The molecule has 3 rings (SSSR count). The Balaban J connectivity index is 1.51. The quantitative estimate of drug-likeness (QED) is 0.750. The molecule has 1 fully saturated rings. The summed E-state index contributed by atoms with van der Waals surface area (Å²) in [7, 11) is 0. The average Bonchev–Trinajstić information content (AvgIpc) is 2.70. The second-order valence-electron chi connectivity index (χ2n) is 7.36. The van der Waals surface area contributed by atoms with Crippen molar-refractivity contribution >= 4 is 17.7 Å². The van der Waals surface area contributed by atoms with Gasteiger partial charge in [-0.2, -0.15) is 0 Å². The molecule has 1 aromatic rings. The first-order valence-electron chi connectivity index (χ1n) is 9.67. The van der Waals surface area contributed by atoms with Gasteiger partial charge in [-0.3, -0.25) is 19.3 Å². The normalized spacial score (nSPS) is 18.5. The Labute approximate surface area is 164 Å². The molecule has 0 bridgehead atoms. The van der Waals surface area contributed by atoms with Gasteiger partial charge in [0.15, 0.2) is 0 Å². The van der Waals surface area contributed by atoms with Crippen molar-refractivity contribution in [2.75, 3.05) is 19.6 Å². The number of benzene rings is 1. The molecule has 2 aliphatic heterocycles. The van der Waals surface area contributed by atoms with Crippen LogP contribution in [0.2, 0.25) is 0 Å². The minimum atomic E-state index is -0.309. The third-order valence-electron chi connectivity index (χ3n) is 5.27. The zero-order valence-corrected chi connectivity index (χ0v) is 16.1. The molecule has 0 spiro atoms. The highest BCUT2D eigenvalue weighted by atomic mass is 19.1. The number of halogens is 1. The van der Waals surface area contributed by atoms with E-state index in [9.17, 15) is 18.8 Å². The van der Waals surface area contributed by atoms with Crippen LogP contribution in [0.4, 0.5) is 4.39 Å². The van der Waals surface area contributed by atoms with Gasteiger partial charge in [0.05, 0.1) is 6.42 Å². The summed E-state index contributed by atoms with van der Waals surface area (Å²) in [6.07, 6.45) is 7.70. The number of carbonyl (C=O) groups excluding carboxylic acids is 3. The van der Waals surface area contributed by atoms with Crippen molar-refractivity contribution in [3.63, 3.8) is 0 Å². The van der Waals surface area contributed by atoms with Crippen molar-refractivity contribution in [2.45, 2.75) is 32.6 Å². The Hall–Kier alpha value is -2.76. The maximum Gasteiger partial charge on any atom is 0.256 e. The van der Waals surface area contributed by atoms with Gasteiger partial charge in [0.1, 0.15) is 5.82 Å². The summed E-state index contributed by atoms with van der Waals surface area (Å²) in [5.74, 6) is -0.549. The van der Waals surface area contributed by atoms with Crippen LogP contribution in [0.3, 0.4) is 0 Å². The fraction of sp³-hybridized carbons (Fsp3) is 0.409. The van der Waals surface area contributed by atoms with Gasteiger partial charge in [0, 0.05) is 25.2 Å². The van der Waals surface area contributed by atoms with Crippen molar-refractivity contribution in [2.24, 2.45) is 5.92 Å². The molecule has 0 aromatic heterocycles. The van der Waals surface area contributed by atoms with Gasteiger partial charge < -0.3 is 4.90 Å². The number of nitrogens with zero attached hydrogens (tertiary/aromatic N) is 2. The predicted molar refractivity (Wildman–Crippen MR) is 104 cm³/mol. The lowest BCUT2D eigenvalue weighted by Crippen LogP contribution is -2.40. The molecule has 148 valence electrons. The molecule has 0 atom stereocenters. The maximum absolute atomic E-state index is 13.0. The monoisotopic (exact) mass is 384 g/mol. The van der Waals surface area contributed by atoms with Gasteiger partial charge in [0.2, 0.25) is 5.91 Å². The lowest BCUT2D eigenvalue weighted by molar-refractivity contribution is -0.140. The van der Waals surface area contributed by atoms with Crippen LogP contribution in [0.15, 0.2) is 48.1 Å². The standard InChI is InChI=1S/C22H25FN2O3/c1-16(22(28)25-11-3-2-4-20(25)26)14-18-9-12-24(13-10-18)21(27)15-17-5-7-19(23)8-6-17/h2,4-8,14,18H,3,9-13,15H2,1H3/b16-14-. The van der Waals surface area contributed by atoms with Gasteiger partial charge in [-0.15, -0.1) is 0 Å². The van der Waals surface area contributed by atoms with Crippen LogP contribution in [0.5, 0.6) is 0 Å². The number of carbonyl (C=O) groups is 3. The number of amides is 3. The summed E-state index contributed by atoms with van der Waals surface area (Å²) >= 11 is 0. The Morgan fingerprint density at radius 3 is 2.46 bits per heavy atom. The third kappa shape index (κ3) is 4.94. The summed E-state index contributed by atoms with van der Waals surface area (Å²) in [4.78, 5) is 39.9. The van der Waals surface area contributed by atoms with E-state index in [1.807, 2.05) is 11.0 Å². The largest absolute Gasteiger partial charge is 0.342 e. The van der Waals surface area contributed by atoms with Crippen molar-refractivity contribution in [3.05, 3.63) is 59.4 Å². The molecule has 5 nitrogen and oxygen atoms in total. The van der Waals surface area contributed by atoms with E-state index >= 15 is 0 Å². The number of hydrogen-bond donors (Lipinski definition) is 0. The van der Waals surface area contributed by atoms with Gasteiger partial charge in [-0.25, -0.2) is 4.39 Å². The number of piperidine rings is 1. The highest BCUT2D eigenvalue weighted by Gasteiger charge is 2.25. The number of likely N-dealkylation sites (tertiary alicyclic amines) is 1. The average molecular weight is 384 g/mol. The SMILES string of the molecule is C/C(=C/C1CCN(C(=O)Cc2ccc(F)cc2)CC1)C(=O)N1CCC=CC1=O. The van der Waals surface area contributed by atoms with Crippen molar-refractivity contribution < 1.29 is 18.8 Å². The fourth-order valence-corrected chi connectivity index (χ4v) is 3.63. The Morgan fingerprint density at radius 2 is 1.82 bits per heavy atom. The molecular formula is C22H25FN2O3. The molecule has 2 heterocycles. The lowest BCUT2D eigenvalue weighted by atomic mass is 9.94. The van der Waals surface area contributed by atoms with E-state index in [1.54, 1.807) is 25.1 Å². The van der Waals surface area contributed by atoms with Crippen LogP contribution < -0.4 is 0 Å². The minimum Gasteiger partial charge on any atom is -0.342 e. The van der Waals surface area contributed by atoms with E-state index in [1.165, 1.54) is 23.1 Å². The van der Waals surface area contributed by atoms with Gasteiger partial charge in [-0.05, 0) is 55.9 Å². The summed E-state index contributed by atoms with van der Waals surface area (Å²) in [6, 6.07) is 5.99. The second kappa shape index (κ2) is 8.95. The zero-order chi connectivity index (χ0) is 20.1. The summed E-state index contributed by atoms with van der Waals surface area (Å²) in [5.41, 5.74) is 1.38. The lowest BCUT2D eigenvalue weighted by Gasteiger charge is -2.31. The van der Waals surface area contributed by atoms with Crippen molar-refractivity contribution in [1.82, 2.24) is 9.80 Å². The molecule has 0 radical (unpaired) electrons. The molecule has 6 heteroatoms. The molecule has 0 N–H and O–H groups in total. The van der Waals surface area contributed by atoms with Crippen LogP contribution in [-0.4, -0.2) is 47.2 Å². The Kier molecular flexibility index (Phi) is 6.39. The highest BCUT2D eigenvalue weighted by molar-refractivity contribution is 6.07. The van der Waals surface area contributed by atoms with E-state index < -0.39 is 0 Å². The highest BCUT2D eigenvalue weighted by Crippen LogP contribution is 2.22. The molecule has 1 saturated heterocycles. The molecule has 0 saturated carbocycles. The number of rotatable bonds is 4. The molecule has 2 aliphatic rings. The van der Waals surface area contributed by atoms with Gasteiger partial charge in [-0.1, -0.05) is 24.3 Å². The topological polar surface area (TPSA) is 57.7 Å². The first kappa shape index (κ1) is 20.0. The number of allylic oxidation sites excluding steroid dienone is 1. The molecule has 0 aliphatic carbocycles. The second-order valence-corrected chi connectivity index (χ2v) is 7.36. The molecule has 3 amide bonds. The maximum atomic E-state index is 13.0. The smallest absolute Gasteiger partial charge is 0.256 e. The van der Waals surface area contributed by atoms with Gasteiger partial charge in [0.25, 0.3) is 11.8 Å². The summed E-state index contributed by atoms with van der Waals surface area (Å²) in [5, 5.41) is 0. The molecule has 28 heavy (non-hydrogen) atoms. The van der Waals surface area contributed by atoms with Crippen LogP contribution in [0.25, 0.3) is 0 Å². The Morgan fingerprint density at radius 1 is 1.14 bits per heavy atom. The number of hydrogen-bond acceptors (Lipinski definition) is 3. The van der Waals surface area contributed by atoms with Crippen molar-refractivity contribution in [1.29, 1.82) is 0 Å². The summed E-state index contributed by atoms with van der Waals surface area (Å²) < 4.78 is 13.0. The van der Waals surface area contributed by atoms with E-state index in [4.69, 9.17) is 0 Å². The third-order valence-corrected chi connectivity index (χ3v) is 5.27. The van der Waals surface area contributed by atoms with E-state index in [0.717, 1.165) is 18.4 Å². The minimum absolute atomic E-state index is 0.0348. The van der Waals surface area contributed by atoms with Crippen LogP contribution >= 0.6 is 0 Å². The zero-order valence-electron chi connectivity index (χ0n) is 16.1. The van der Waals surface area contributed by atoms with Crippen LogP contribution in [0.1, 0.15) is 31.7 Å². The molecule has 1 aromatic carbocycles. The van der Waals surface area contributed by atoms with E-state index in [2.05, 4.69) is 0 Å². The van der Waals surface area contributed by atoms with E-state index in [0.29, 0.717) is 31.6 Å².